The number of piperidine rings is 6. The lowest BCUT2D eigenvalue weighted by atomic mass is 9.83. The maximum atomic E-state index is 13.2. The fraction of sp³-hybridized carbons (Fsp3) is 0.930. The molecule has 22 saturated heterocycles. The molecular weight excluding hydrogens is 1420 g/mol. The first-order chi connectivity index (χ1) is 52.6. The number of carbonyl (C=O) groups is 6. The molecule has 1 aliphatic carbocycles. The Balaban J connectivity index is 0.000000118. The molecule has 0 N–H and O–H groups in total. The van der Waals surface area contributed by atoms with E-state index in [4.69, 9.17) is 14.2 Å². The second kappa shape index (κ2) is 33.8. The van der Waals surface area contributed by atoms with Gasteiger partial charge < -0.3 is 63.2 Å². The first kappa shape index (κ1) is 85.5. The van der Waals surface area contributed by atoms with Gasteiger partial charge in [-0.15, -0.1) is 0 Å². The first-order valence-corrected chi connectivity index (χ1v) is 44.4. The van der Waals surface area contributed by atoms with Crippen LogP contribution in [-0.4, -0.2) is 396 Å². The average Bonchev–Trinajstić information content (AvgIpc) is 1.39. The summed E-state index contributed by atoms with van der Waals surface area (Å²) in [6.45, 7) is 61.0. The van der Waals surface area contributed by atoms with Crippen molar-refractivity contribution in [2.75, 3.05) is 158 Å². The molecule has 23 fully saturated rings. The molecule has 0 radical (unpaired) electrons. The molecule has 15 unspecified atom stereocenters. The Morgan fingerprint density at radius 2 is 0.598 bits per heavy atom. The Morgan fingerprint density at radius 3 is 0.884 bits per heavy atom. The summed E-state index contributed by atoms with van der Waals surface area (Å²) in [5, 5.41) is 0. The number of alkyl halides is 1. The Labute approximate surface area is 673 Å². The van der Waals surface area contributed by atoms with Crippen molar-refractivity contribution in [2.45, 2.75) is 351 Å². The van der Waals surface area contributed by atoms with Gasteiger partial charge in [0.25, 0.3) is 5.91 Å². The molecule has 12 bridgehead atoms. The van der Waals surface area contributed by atoms with Gasteiger partial charge in [-0.2, -0.15) is 0 Å². The maximum absolute atomic E-state index is 13.2. The van der Waals surface area contributed by atoms with E-state index < -0.39 is 6.17 Å². The van der Waals surface area contributed by atoms with Crippen molar-refractivity contribution in [1.82, 2.24) is 78.4 Å². The van der Waals surface area contributed by atoms with Crippen LogP contribution in [0, 0.1) is 5.92 Å². The van der Waals surface area contributed by atoms with Gasteiger partial charge in [-0.3, -0.25) is 39.0 Å². The highest BCUT2D eigenvalue weighted by Crippen LogP contribution is 2.44. The predicted octanol–water partition coefficient (Wildman–Crippen LogP) is 9.36. The van der Waals surface area contributed by atoms with Crippen LogP contribution in [0.15, 0.2) is 0 Å². The lowest BCUT2D eigenvalue weighted by Crippen LogP contribution is -2.74. The van der Waals surface area contributed by atoms with Crippen molar-refractivity contribution in [3.63, 3.8) is 0 Å². The van der Waals surface area contributed by atoms with Gasteiger partial charge in [0.15, 0.2) is 0 Å². The normalized spacial score (nSPS) is 34.1. The number of methoxy groups -OCH3 is 1. The summed E-state index contributed by atoms with van der Waals surface area (Å²) < 4.78 is 29.4. The largest absolute Gasteiger partial charge is 0.380 e. The van der Waals surface area contributed by atoms with E-state index in [1.807, 2.05) is 19.6 Å². The van der Waals surface area contributed by atoms with E-state index in [0.717, 1.165) is 163 Å². The molecule has 15 atom stereocenters. The monoisotopic (exact) mass is 1570 g/mol. The number of piperazine rings is 6. The lowest BCUT2D eigenvalue weighted by molar-refractivity contribution is -0.167. The van der Waals surface area contributed by atoms with Gasteiger partial charge >= 0.3 is 24.1 Å². The van der Waals surface area contributed by atoms with Crippen LogP contribution in [0.3, 0.4) is 0 Å². The molecule has 26 heteroatoms. The zero-order chi connectivity index (χ0) is 80.6. The predicted molar refractivity (Wildman–Crippen MR) is 436 cm³/mol. The van der Waals surface area contributed by atoms with Crippen LogP contribution in [0.25, 0.3) is 0 Å². The number of nitrogens with zero attached hydrogens (tertiary/aromatic N) is 16. The van der Waals surface area contributed by atoms with Crippen LogP contribution < -0.4 is 0 Å². The average molecular weight is 1570 g/mol. The lowest BCUT2D eigenvalue weighted by Gasteiger charge is -2.59. The minimum absolute atomic E-state index is 0.0648. The third kappa shape index (κ3) is 18.7. The van der Waals surface area contributed by atoms with Crippen LogP contribution in [0.1, 0.15) is 227 Å². The van der Waals surface area contributed by atoms with Gasteiger partial charge in [-0.1, -0.05) is 12.8 Å². The molecule has 22 heterocycles. The molecule has 0 aromatic rings. The van der Waals surface area contributed by atoms with Crippen molar-refractivity contribution >= 4 is 35.9 Å². The highest BCUT2D eigenvalue weighted by molar-refractivity contribution is 5.83. The highest BCUT2D eigenvalue weighted by Gasteiger charge is 2.57. The van der Waals surface area contributed by atoms with Crippen LogP contribution in [0.5, 0.6) is 0 Å². The number of likely N-dealkylation sites (tertiary alicyclic amines) is 5. The molecule has 10 amide bonds. The standard InChI is InChI=1S/C15H27N3O2.C15H26N2O.C14H24FN3O.C14H25N3O2.C14H25N3O.C14H24N2O2/c1-15(2,3)17-8-11-7-12(9-17)18(11)14(19)16-6-5-13(10-16)20-4;1-15(2,3)16-9-12-8-13(10-16)17(12)14(18)11-6-4-5-7-11;1-14(2,3)17-8-11-6-12(9-17)18(11)13(19)16-5-4-10(15)7-16;1-14(2,3)16-9-11-8-12(10-16)17(11)13(18)15-4-6-19-7-5-15;1-14(2,3)16-9-11-8-12(10-16)17(11)13(18)15-6-4-5-7-15;1-14(2,3)15-8-10-7-11(9-15)16(10)13(17)12-5-4-6-18-12/h11-13H,5-10H2,1-4H3;11-13H,4-10H2,1-3H3;10-12H,4-9H2,1-3H3;11-12H,4-10H2,1-3H3;11-12H,4-10H2,1-3H3;10-12H,4-9H2,1-3H3. The number of halogens is 1. The summed E-state index contributed by atoms with van der Waals surface area (Å²) >= 11 is 0. The van der Waals surface area contributed by atoms with Crippen molar-refractivity contribution < 1.29 is 47.4 Å². The van der Waals surface area contributed by atoms with Crippen molar-refractivity contribution in [2.24, 2.45) is 5.92 Å². The van der Waals surface area contributed by atoms with Crippen LogP contribution in [-0.2, 0) is 23.8 Å². The number of hydrogen-bond acceptors (Lipinski definition) is 15. The fourth-order valence-corrected chi connectivity index (χ4v) is 21.5. The van der Waals surface area contributed by atoms with E-state index in [0.29, 0.717) is 117 Å². The number of ether oxygens (including phenoxy) is 3. The molecule has 0 spiro atoms. The van der Waals surface area contributed by atoms with Gasteiger partial charge in [-0.25, -0.2) is 23.6 Å². The molecular formula is C86H151FN16O9. The molecule has 0 aromatic carbocycles. The molecule has 22 aliphatic heterocycles. The summed E-state index contributed by atoms with van der Waals surface area (Å²) in [4.78, 5) is 110. The third-order valence-electron chi connectivity index (χ3n) is 29.0. The molecule has 23 rings (SSSR count). The van der Waals surface area contributed by atoms with Gasteiger partial charge in [0, 0.05) is 250 Å². The van der Waals surface area contributed by atoms with Gasteiger partial charge in [0.1, 0.15) is 12.3 Å². The smallest absolute Gasteiger partial charge is 0.320 e. The molecule has 1 saturated carbocycles. The number of amides is 10. The minimum atomic E-state index is -0.823. The summed E-state index contributed by atoms with van der Waals surface area (Å²) in [7, 11) is 1.73. The molecule has 25 nitrogen and oxygen atoms in total. The Hall–Kier alpha value is -4.41. The first-order valence-electron chi connectivity index (χ1n) is 44.4. The number of urea groups is 4. The summed E-state index contributed by atoms with van der Waals surface area (Å²) in [5.74, 6) is 1.08. The summed E-state index contributed by atoms with van der Waals surface area (Å²) in [5.41, 5.74) is 1.30. The van der Waals surface area contributed by atoms with Crippen molar-refractivity contribution in [1.29, 1.82) is 0 Å². The number of carbonyl (C=O) groups excluding carboxylic acids is 6. The van der Waals surface area contributed by atoms with E-state index in [9.17, 15) is 33.2 Å². The molecule has 636 valence electrons. The Morgan fingerprint density at radius 1 is 0.304 bits per heavy atom. The fourth-order valence-electron chi connectivity index (χ4n) is 21.5. The number of rotatable bonds is 3. The van der Waals surface area contributed by atoms with E-state index in [-0.39, 0.29) is 76.0 Å². The second-order valence-electron chi connectivity index (χ2n) is 42.7. The zero-order valence-corrected chi connectivity index (χ0v) is 73.0. The van der Waals surface area contributed by atoms with Gasteiger partial charge in [-0.05, 0) is 215 Å². The summed E-state index contributed by atoms with van der Waals surface area (Å²) in [6, 6.07) is 6.02. The summed E-state index contributed by atoms with van der Waals surface area (Å²) in [6.07, 6.45) is 17.0. The second-order valence-corrected chi connectivity index (χ2v) is 42.7. The van der Waals surface area contributed by atoms with Crippen LogP contribution in [0.2, 0.25) is 0 Å². The zero-order valence-electron chi connectivity index (χ0n) is 73.0. The van der Waals surface area contributed by atoms with E-state index in [2.05, 4.69) is 179 Å². The number of fused-ring (bicyclic) bond motifs is 12. The van der Waals surface area contributed by atoms with Crippen LogP contribution in [0.4, 0.5) is 23.6 Å². The molecule has 23 aliphatic rings. The number of hydrogen-bond donors (Lipinski definition) is 0. The minimum Gasteiger partial charge on any atom is -0.380 e. The molecule has 112 heavy (non-hydrogen) atoms. The van der Waals surface area contributed by atoms with E-state index in [1.54, 1.807) is 12.0 Å². The third-order valence-corrected chi connectivity index (χ3v) is 29.0. The quantitative estimate of drug-likeness (QED) is 0.260. The van der Waals surface area contributed by atoms with E-state index in [1.165, 1.54) is 57.8 Å². The van der Waals surface area contributed by atoms with E-state index >= 15 is 0 Å². The Bertz CT molecular complexity index is 2960. The highest BCUT2D eigenvalue weighted by atomic mass is 19.1. The maximum Gasteiger partial charge on any atom is 0.320 e. The van der Waals surface area contributed by atoms with Gasteiger partial charge in [0.2, 0.25) is 5.91 Å². The van der Waals surface area contributed by atoms with Crippen molar-refractivity contribution in [3.05, 3.63) is 0 Å². The number of morpholine rings is 1. The Kier molecular flexibility index (Phi) is 25.8. The topological polar surface area (TPSA) is 182 Å². The molecule has 0 aromatic heterocycles. The van der Waals surface area contributed by atoms with Crippen molar-refractivity contribution in [3.8, 4) is 0 Å². The van der Waals surface area contributed by atoms with Gasteiger partial charge in [0.05, 0.1) is 25.9 Å². The SMILES string of the molecule is CC(C)(C)N1CC2CC(C1)N2C(=O)C1CCCC1.CC(C)(C)N1CC2CC(C1)N2C(=O)C1CCCO1.CC(C)(C)N1CC2CC(C1)N2C(=O)N1CCC(F)C1.CC(C)(C)N1CC2CC(C1)N2C(=O)N1CCCC1.CC(C)(C)N1CC2CC(C1)N2C(=O)N1CCOCC1.COC1CCN(C(=O)N2C3CC2CN(C(C)(C)C)C3)C1. The van der Waals surface area contributed by atoms with Crippen LogP contribution >= 0.6 is 0 Å².